The van der Waals surface area contributed by atoms with Crippen molar-refractivity contribution in [3.05, 3.63) is 58.9 Å². The van der Waals surface area contributed by atoms with E-state index in [4.69, 9.17) is 5.11 Å². The lowest BCUT2D eigenvalue weighted by molar-refractivity contribution is 0.0697. The lowest BCUT2D eigenvalue weighted by atomic mass is 10.1. The van der Waals surface area contributed by atoms with Crippen LogP contribution in [0.25, 0.3) is 0 Å². The summed E-state index contributed by atoms with van der Waals surface area (Å²) in [6, 6.07) is 8.34. The van der Waals surface area contributed by atoms with Crippen LogP contribution < -0.4 is 5.32 Å². The minimum atomic E-state index is -1.01. The van der Waals surface area contributed by atoms with Gasteiger partial charge in [-0.2, -0.15) is 0 Å². The summed E-state index contributed by atoms with van der Waals surface area (Å²) in [5.41, 5.74) is 2.07. The van der Waals surface area contributed by atoms with Gasteiger partial charge in [0.25, 0.3) is 0 Å². The Kier molecular flexibility index (Phi) is 4.12. The van der Waals surface area contributed by atoms with Gasteiger partial charge in [-0.1, -0.05) is 12.1 Å². The number of anilines is 1. The van der Waals surface area contributed by atoms with Crippen LogP contribution in [0.3, 0.4) is 0 Å². The Morgan fingerprint density at radius 3 is 2.57 bits per heavy atom. The normalized spacial score (nSPS) is 12.0. The first-order valence-electron chi connectivity index (χ1n) is 6.47. The summed E-state index contributed by atoms with van der Waals surface area (Å²) in [7, 11) is 0. The summed E-state index contributed by atoms with van der Waals surface area (Å²) in [6.07, 6.45) is 0. The third-order valence-corrected chi connectivity index (χ3v) is 3.31. The molecule has 0 spiro atoms. The molecule has 5 heteroatoms. The molecule has 3 N–H and O–H groups in total. The van der Waals surface area contributed by atoms with Crippen molar-refractivity contribution in [3.63, 3.8) is 0 Å². The Morgan fingerprint density at radius 2 is 1.95 bits per heavy atom. The number of rotatable bonds is 4. The van der Waals surface area contributed by atoms with Crippen LogP contribution in [0.4, 0.5) is 10.1 Å². The first kappa shape index (κ1) is 14.8. The van der Waals surface area contributed by atoms with Crippen LogP contribution in [0.5, 0.6) is 5.75 Å². The van der Waals surface area contributed by atoms with E-state index >= 15 is 0 Å². The number of phenols is 1. The Hall–Kier alpha value is -2.56. The van der Waals surface area contributed by atoms with Gasteiger partial charge in [-0.3, -0.25) is 0 Å². The molecule has 0 aromatic heterocycles. The zero-order chi connectivity index (χ0) is 15.6. The zero-order valence-electron chi connectivity index (χ0n) is 11.7. The summed E-state index contributed by atoms with van der Waals surface area (Å²) < 4.78 is 13.8. The maximum Gasteiger partial charge on any atom is 0.335 e. The molecule has 0 aliphatic carbocycles. The van der Waals surface area contributed by atoms with Crippen LogP contribution >= 0.6 is 0 Å². The van der Waals surface area contributed by atoms with E-state index in [1.54, 1.807) is 13.0 Å². The van der Waals surface area contributed by atoms with E-state index in [0.717, 1.165) is 11.6 Å². The number of hydrogen-bond acceptors (Lipinski definition) is 3. The topological polar surface area (TPSA) is 69.6 Å². The minimum absolute atomic E-state index is 0.132. The highest BCUT2D eigenvalue weighted by atomic mass is 19.1. The van der Waals surface area contributed by atoms with Gasteiger partial charge in [0.05, 0.1) is 11.6 Å². The summed E-state index contributed by atoms with van der Waals surface area (Å²) in [5.74, 6) is -1.66. The Labute approximate surface area is 121 Å². The van der Waals surface area contributed by atoms with E-state index in [2.05, 4.69) is 5.32 Å². The minimum Gasteiger partial charge on any atom is -0.508 e. The number of hydrogen-bond donors (Lipinski definition) is 3. The zero-order valence-corrected chi connectivity index (χ0v) is 11.7. The molecule has 1 unspecified atom stereocenters. The average Bonchev–Trinajstić information content (AvgIpc) is 2.40. The number of aromatic hydroxyl groups is 1. The van der Waals surface area contributed by atoms with Gasteiger partial charge in [0.1, 0.15) is 11.6 Å². The summed E-state index contributed by atoms with van der Waals surface area (Å²) >= 11 is 0. The highest BCUT2D eigenvalue weighted by Gasteiger charge is 2.13. The molecule has 21 heavy (non-hydrogen) atoms. The SMILES string of the molecule is Cc1ccc(C(=O)O)cc1NC(C)c1ccc(O)cc1F. The predicted molar refractivity (Wildman–Crippen MR) is 78.2 cm³/mol. The number of carboxylic acids is 1. The van der Waals surface area contributed by atoms with Crippen LogP contribution in [-0.4, -0.2) is 16.2 Å². The lowest BCUT2D eigenvalue weighted by Gasteiger charge is -2.18. The lowest BCUT2D eigenvalue weighted by Crippen LogP contribution is -2.10. The second-order valence-corrected chi connectivity index (χ2v) is 4.91. The van der Waals surface area contributed by atoms with Gasteiger partial charge in [-0.25, -0.2) is 9.18 Å². The average molecular weight is 289 g/mol. The molecule has 0 radical (unpaired) electrons. The van der Waals surface area contributed by atoms with Gasteiger partial charge in [0.15, 0.2) is 0 Å². The number of halogens is 1. The van der Waals surface area contributed by atoms with Crippen molar-refractivity contribution in [2.24, 2.45) is 0 Å². The summed E-state index contributed by atoms with van der Waals surface area (Å²) in [6.45, 7) is 3.61. The molecule has 4 nitrogen and oxygen atoms in total. The summed E-state index contributed by atoms with van der Waals surface area (Å²) in [5, 5.41) is 21.3. The van der Waals surface area contributed by atoms with Crippen molar-refractivity contribution in [2.45, 2.75) is 19.9 Å². The number of carbonyl (C=O) groups is 1. The first-order valence-corrected chi connectivity index (χ1v) is 6.47. The molecule has 2 rings (SSSR count). The second kappa shape index (κ2) is 5.83. The van der Waals surface area contributed by atoms with Crippen LogP contribution in [0.2, 0.25) is 0 Å². The number of carboxylic acid groups (broad SMARTS) is 1. The van der Waals surface area contributed by atoms with E-state index in [9.17, 15) is 14.3 Å². The second-order valence-electron chi connectivity index (χ2n) is 4.91. The molecule has 0 amide bonds. The van der Waals surface area contributed by atoms with Gasteiger partial charge >= 0.3 is 5.97 Å². The quantitative estimate of drug-likeness (QED) is 0.802. The van der Waals surface area contributed by atoms with Gasteiger partial charge in [0, 0.05) is 17.3 Å². The first-order chi connectivity index (χ1) is 9.88. The van der Waals surface area contributed by atoms with Crippen molar-refractivity contribution in [2.75, 3.05) is 5.32 Å². The molecular formula is C16H16FNO3. The predicted octanol–water partition coefficient (Wildman–Crippen LogP) is 3.71. The third-order valence-electron chi connectivity index (χ3n) is 3.31. The maximum absolute atomic E-state index is 13.8. The van der Waals surface area contributed by atoms with E-state index in [0.29, 0.717) is 11.3 Å². The highest BCUT2D eigenvalue weighted by Crippen LogP contribution is 2.26. The molecular weight excluding hydrogens is 273 g/mol. The van der Waals surface area contributed by atoms with Crippen molar-refractivity contribution in [3.8, 4) is 5.75 Å². The molecule has 0 saturated carbocycles. The third kappa shape index (κ3) is 3.31. The molecule has 110 valence electrons. The maximum atomic E-state index is 13.8. The van der Waals surface area contributed by atoms with E-state index in [-0.39, 0.29) is 17.4 Å². The van der Waals surface area contributed by atoms with E-state index in [1.807, 2.05) is 6.92 Å². The molecule has 1 atom stereocenters. The van der Waals surface area contributed by atoms with Gasteiger partial charge in [-0.15, -0.1) is 0 Å². The fraction of sp³-hybridized carbons (Fsp3) is 0.188. The smallest absolute Gasteiger partial charge is 0.335 e. The number of benzene rings is 2. The van der Waals surface area contributed by atoms with Crippen LogP contribution in [0.1, 0.15) is 34.5 Å². The Morgan fingerprint density at radius 1 is 1.24 bits per heavy atom. The van der Waals surface area contributed by atoms with Gasteiger partial charge < -0.3 is 15.5 Å². The number of nitrogens with one attached hydrogen (secondary N) is 1. The van der Waals surface area contributed by atoms with E-state index in [1.165, 1.54) is 24.3 Å². The molecule has 0 aliphatic rings. The molecule has 0 bridgehead atoms. The molecule has 0 aliphatic heterocycles. The van der Waals surface area contributed by atoms with Crippen LogP contribution in [0.15, 0.2) is 36.4 Å². The molecule has 0 fully saturated rings. The monoisotopic (exact) mass is 289 g/mol. The van der Waals surface area contributed by atoms with E-state index < -0.39 is 11.8 Å². The molecule has 0 heterocycles. The van der Waals surface area contributed by atoms with Crippen molar-refractivity contribution >= 4 is 11.7 Å². The largest absolute Gasteiger partial charge is 0.508 e. The summed E-state index contributed by atoms with van der Waals surface area (Å²) in [4.78, 5) is 11.0. The van der Waals surface area contributed by atoms with Crippen molar-refractivity contribution in [1.29, 1.82) is 0 Å². The van der Waals surface area contributed by atoms with Crippen LogP contribution in [0, 0.1) is 12.7 Å². The number of aryl methyl sites for hydroxylation is 1. The van der Waals surface area contributed by atoms with Crippen molar-refractivity contribution < 1.29 is 19.4 Å². The molecule has 2 aromatic rings. The highest BCUT2D eigenvalue weighted by molar-refractivity contribution is 5.89. The Bertz CT molecular complexity index is 685. The Balaban J connectivity index is 2.28. The van der Waals surface area contributed by atoms with Crippen molar-refractivity contribution in [1.82, 2.24) is 0 Å². The molecule has 2 aromatic carbocycles. The molecule has 0 saturated heterocycles. The number of phenolic OH excluding ortho intramolecular Hbond substituents is 1. The fourth-order valence-electron chi connectivity index (χ4n) is 2.09. The van der Waals surface area contributed by atoms with Gasteiger partial charge in [0.2, 0.25) is 0 Å². The fourth-order valence-corrected chi connectivity index (χ4v) is 2.09. The standard InChI is InChI=1S/C16H16FNO3/c1-9-3-4-11(16(20)21)7-15(9)18-10(2)13-6-5-12(19)8-14(13)17/h3-8,10,18-19H,1-2H3,(H,20,21). The number of aromatic carboxylic acids is 1. The van der Waals surface area contributed by atoms with Gasteiger partial charge in [-0.05, 0) is 37.6 Å². The van der Waals surface area contributed by atoms with Crippen LogP contribution in [-0.2, 0) is 0 Å².